The van der Waals surface area contributed by atoms with Gasteiger partial charge in [0, 0.05) is 17.7 Å². The minimum Gasteiger partial charge on any atom is -0.368 e. The summed E-state index contributed by atoms with van der Waals surface area (Å²) < 4.78 is 0. The van der Waals surface area contributed by atoms with Crippen molar-refractivity contribution in [3.05, 3.63) is 35.4 Å². The van der Waals surface area contributed by atoms with Gasteiger partial charge in [-0.15, -0.1) is 0 Å². The van der Waals surface area contributed by atoms with E-state index in [4.69, 9.17) is 5.73 Å². The monoisotopic (exact) mass is 254 g/mol. The fourth-order valence-corrected chi connectivity index (χ4v) is 2.13. The number of nitrogen functional groups attached to an aromatic ring is 1. The average molecular weight is 254 g/mol. The lowest BCUT2D eigenvalue weighted by molar-refractivity contribution is 1.09. The van der Waals surface area contributed by atoms with Crippen LogP contribution in [-0.4, -0.2) is 16.0 Å². The number of nitrogens with two attached hydrogens (primary N) is 1. The van der Waals surface area contributed by atoms with Crippen LogP contribution in [0.1, 0.15) is 24.0 Å². The van der Waals surface area contributed by atoms with Crippen LogP contribution in [0.15, 0.2) is 24.3 Å². The van der Waals surface area contributed by atoms with Crippen LogP contribution >= 0.6 is 0 Å². The number of nitrogens with one attached hydrogen (secondary N) is 1. The molecule has 0 aliphatic heterocycles. The van der Waals surface area contributed by atoms with Crippen LogP contribution in [0.2, 0.25) is 0 Å². The second kappa shape index (κ2) is 4.53. The molecule has 3 N–H and O–H groups in total. The number of hydrogen-bond acceptors (Lipinski definition) is 4. The first kappa shape index (κ1) is 12.0. The number of nitrogens with zero attached hydrogens (tertiary/aromatic N) is 2. The second-order valence-corrected chi connectivity index (χ2v) is 5.23. The van der Waals surface area contributed by atoms with Crippen molar-refractivity contribution in [3.8, 4) is 11.3 Å². The number of aromatic nitrogens is 2. The Kier molecular flexibility index (Phi) is 2.85. The number of benzene rings is 1. The fraction of sp³-hybridized carbons (Fsp3) is 0.333. The highest BCUT2D eigenvalue weighted by molar-refractivity contribution is 5.68. The van der Waals surface area contributed by atoms with Gasteiger partial charge in [0.2, 0.25) is 5.95 Å². The number of hydrogen-bond donors (Lipinski definition) is 2. The van der Waals surface area contributed by atoms with Gasteiger partial charge < -0.3 is 11.1 Å². The van der Waals surface area contributed by atoms with Crippen molar-refractivity contribution in [3.63, 3.8) is 0 Å². The molecule has 3 rings (SSSR count). The van der Waals surface area contributed by atoms with Crippen molar-refractivity contribution in [1.82, 2.24) is 9.97 Å². The summed E-state index contributed by atoms with van der Waals surface area (Å²) in [5, 5.41) is 3.37. The Hall–Kier alpha value is -2.10. The van der Waals surface area contributed by atoms with Crippen LogP contribution in [0.3, 0.4) is 0 Å². The summed E-state index contributed by atoms with van der Waals surface area (Å²) in [5.41, 5.74) is 10.2. The van der Waals surface area contributed by atoms with E-state index in [9.17, 15) is 0 Å². The van der Waals surface area contributed by atoms with E-state index in [-0.39, 0.29) is 0 Å². The van der Waals surface area contributed by atoms with Crippen LogP contribution in [0, 0.1) is 13.8 Å². The van der Waals surface area contributed by atoms with E-state index >= 15 is 0 Å². The topological polar surface area (TPSA) is 63.8 Å². The first-order valence-corrected chi connectivity index (χ1v) is 6.60. The zero-order valence-corrected chi connectivity index (χ0v) is 11.3. The van der Waals surface area contributed by atoms with Crippen molar-refractivity contribution < 1.29 is 0 Å². The van der Waals surface area contributed by atoms with Crippen molar-refractivity contribution in [1.29, 1.82) is 0 Å². The van der Waals surface area contributed by atoms with Crippen molar-refractivity contribution >= 4 is 11.8 Å². The van der Waals surface area contributed by atoms with Gasteiger partial charge in [0.15, 0.2) is 0 Å². The summed E-state index contributed by atoms with van der Waals surface area (Å²) in [6.45, 7) is 4.16. The lowest BCUT2D eigenvalue weighted by Crippen LogP contribution is -2.06. The second-order valence-electron chi connectivity index (χ2n) is 5.23. The Morgan fingerprint density at radius 3 is 2.68 bits per heavy atom. The first-order chi connectivity index (χ1) is 9.11. The highest BCUT2D eigenvalue weighted by Crippen LogP contribution is 2.28. The molecule has 2 aromatic rings. The van der Waals surface area contributed by atoms with Gasteiger partial charge in [-0.25, -0.2) is 4.98 Å². The van der Waals surface area contributed by atoms with E-state index in [1.54, 1.807) is 0 Å². The maximum Gasteiger partial charge on any atom is 0.222 e. The molecular formula is C15H18N4. The van der Waals surface area contributed by atoms with Crippen LogP contribution in [0.4, 0.5) is 11.8 Å². The Labute approximate surface area is 113 Å². The van der Waals surface area contributed by atoms with Gasteiger partial charge in [-0.05, 0) is 38.3 Å². The number of rotatable bonds is 3. The van der Waals surface area contributed by atoms with E-state index in [0.29, 0.717) is 12.0 Å². The van der Waals surface area contributed by atoms with Gasteiger partial charge in [0.25, 0.3) is 0 Å². The highest BCUT2D eigenvalue weighted by Gasteiger charge is 2.21. The lowest BCUT2D eigenvalue weighted by atomic mass is 10.0. The molecule has 0 unspecified atom stereocenters. The van der Waals surface area contributed by atoms with Gasteiger partial charge in [-0.3, -0.25) is 0 Å². The van der Waals surface area contributed by atoms with E-state index < -0.39 is 0 Å². The number of anilines is 2. The zero-order valence-electron chi connectivity index (χ0n) is 11.3. The Bertz CT molecular complexity index is 618. The van der Waals surface area contributed by atoms with E-state index in [0.717, 1.165) is 17.1 Å². The third-order valence-electron chi connectivity index (χ3n) is 3.34. The molecule has 1 aliphatic carbocycles. The molecule has 1 aromatic carbocycles. The van der Waals surface area contributed by atoms with Crippen LogP contribution in [0.5, 0.6) is 0 Å². The van der Waals surface area contributed by atoms with Crippen molar-refractivity contribution in [2.24, 2.45) is 0 Å². The van der Waals surface area contributed by atoms with Crippen LogP contribution < -0.4 is 11.1 Å². The third kappa shape index (κ3) is 2.67. The Morgan fingerprint density at radius 2 is 1.95 bits per heavy atom. The molecule has 1 saturated carbocycles. The van der Waals surface area contributed by atoms with E-state index in [1.807, 2.05) is 6.07 Å². The summed E-state index contributed by atoms with van der Waals surface area (Å²) in [5.74, 6) is 1.15. The van der Waals surface area contributed by atoms with Gasteiger partial charge in [-0.2, -0.15) is 4.98 Å². The molecule has 1 aliphatic rings. The minimum absolute atomic E-state index is 0.321. The molecule has 0 atom stereocenters. The molecule has 4 heteroatoms. The lowest BCUT2D eigenvalue weighted by Gasteiger charge is -2.10. The minimum atomic E-state index is 0.321. The molecule has 1 fully saturated rings. The molecule has 1 heterocycles. The van der Waals surface area contributed by atoms with Crippen LogP contribution in [0.25, 0.3) is 11.3 Å². The molecule has 0 saturated heterocycles. The summed E-state index contributed by atoms with van der Waals surface area (Å²) in [6.07, 6.45) is 2.42. The molecule has 0 bridgehead atoms. The van der Waals surface area contributed by atoms with Crippen molar-refractivity contribution in [2.45, 2.75) is 32.7 Å². The summed E-state index contributed by atoms with van der Waals surface area (Å²) in [7, 11) is 0. The number of aryl methyl sites for hydroxylation is 2. The highest BCUT2D eigenvalue weighted by atomic mass is 15.1. The van der Waals surface area contributed by atoms with Gasteiger partial charge >= 0.3 is 0 Å². The summed E-state index contributed by atoms with van der Waals surface area (Å²) in [6, 6.07) is 8.89. The molecule has 4 nitrogen and oxygen atoms in total. The maximum absolute atomic E-state index is 5.82. The van der Waals surface area contributed by atoms with Crippen molar-refractivity contribution in [2.75, 3.05) is 11.1 Å². The zero-order chi connectivity index (χ0) is 13.4. The van der Waals surface area contributed by atoms with Crippen LogP contribution in [-0.2, 0) is 0 Å². The third-order valence-corrected chi connectivity index (χ3v) is 3.34. The SMILES string of the molecule is Cc1ccc(C)c(-c2cc(NC3CC3)nc(N)n2)c1. The Morgan fingerprint density at radius 1 is 1.16 bits per heavy atom. The normalized spacial score (nSPS) is 14.4. The van der Waals surface area contributed by atoms with E-state index in [1.165, 1.54) is 24.0 Å². The predicted molar refractivity (Wildman–Crippen MR) is 78.0 cm³/mol. The average Bonchev–Trinajstić information content (AvgIpc) is 3.15. The molecule has 0 spiro atoms. The first-order valence-electron chi connectivity index (χ1n) is 6.60. The molecule has 98 valence electrons. The molecule has 1 aromatic heterocycles. The summed E-state index contributed by atoms with van der Waals surface area (Å²) in [4.78, 5) is 8.61. The Balaban J connectivity index is 2.02. The van der Waals surface area contributed by atoms with Gasteiger partial charge in [0.1, 0.15) is 5.82 Å². The maximum atomic E-state index is 5.82. The van der Waals surface area contributed by atoms with Gasteiger partial charge in [0.05, 0.1) is 5.69 Å². The quantitative estimate of drug-likeness (QED) is 0.884. The van der Waals surface area contributed by atoms with Gasteiger partial charge in [-0.1, -0.05) is 17.7 Å². The van der Waals surface area contributed by atoms with E-state index in [2.05, 4.69) is 47.3 Å². The smallest absolute Gasteiger partial charge is 0.222 e. The predicted octanol–water partition coefficient (Wildman–Crippen LogP) is 2.92. The summed E-state index contributed by atoms with van der Waals surface area (Å²) >= 11 is 0. The standard InChI is InChI=1S/C15H18N4/c1-9-3-4-10(2)12(7-9)13-8-14(17-11-5-6-11)19-15(16)18-13/h3-4,7-8,11H,5-6H2,1-2H3,(H3,16,17,18,19). The molecule has 0 radical (unpaired) electrons. The largest absolute Gasteiger partial charge is 0.368 e. The molecular weight excluding hydrogens is 236 g/mol. The fourth-order valence-electron chi connectivity index (χ4n) is 2.13. The molecule has 19 heavy (non-hydrogen) atoms. The molecule has 0 amide bonds.